The Morgan fingerprint density at radius 1 is 1.10 bits per heavy atom. The van der Waals surface area contributed by atoms with Crippen molar-refractivity contribution >= 4 is 22.0 Å². The van der Waals surface area contributed by atoms with Crippen LogP contribution in [-0.2, 0) is 4.74 Å². The van der Waals surface area contributed by atoms with Crippen molar-refractivity contribution in [3.63, 3.8) is 0 Å². The summed E-state index contributed by atoms with van der Waals surface area (Å²) in [5.41, 5.74) is 1.45. The third-order valence-electron chi connectivity index (χ3n) is 6.04. The van der Waals surface area contributed by atoms with E-state index in [1.807, 2.05) is 52.0 Å². The van der Waals surface area contributed by atoms with Crippen molar-refractivity contribution in [2.45, 2.75) is 91.3 Å². The van der Waals surface area contributed by atoms with Gasteiger partial charge in [0.2, 0.25) is 0 Å². The van der Waals surface area contributed by atoms with Gasteiger partial charge >= 0.3 is 6.09 Å². The Morgan fingerprint density at radius 3 is 2.28 bits per heavy atom. The quantitative estimate of drug-likeness (QED) is 0.476. The van der Waals surface area contributed by atoms with Crippen molar-refractivity contribution in [1.29, 1.82) is 0 Å². The number of hydrogen-bond donors (Lipinski definition) is 1. The van der Waals surface area contributed by atoms with Gasteiger partial charge in [0.1, 0.15) is 0 Å². The predicted octanol–water partition coefficient (Wildman–Crippen LogP) is 6.98. The second kappa shape index (κ2) is 10.6. The zero-order valence-electron chi connectivity index (χ0n) is 18.5. The van der Waals surface area contributed by atoms with E-state index in [4.69, 9.17) is 4.74 Å². The van der Waals surface area contributed by atoms with Crippen LogP contribution in [0.3, 0.4) is 0 Å². The van der Waals surface area contributed by atoms with Crippen LogP contribution >= 0.6 is 15.9 Å². The molecule has 2 rings (SSSR count). The number of carbonyl (C=O) groups excluding carboxylic acids is 1. The maximum Gasteiger partial charge on any atom is 0.415 e. The Kier molecular flexibility index (Phi) is 8.77. The molecule has 1 amide bonds. The summed E-state index contributed by atoms with van der Waals surface area (Å²) in [7, 11) is 0. The molecule has 0 spiro atoms. The van der Waals surface area contributed by atoms with E-state index in [0.29, 0.717) is 0 Å². The lowest BCUT2D eigenvalue weighted by atomic mass is 9.69. The van der Waals surface area contributed by atoms with Crippen LogP contribution in [0.15, 0.2) is 40.6 Å². The minimum Gasteiger partial charge on any atom is -0.418 e. The van der Waals surface area contributed by atoms with E-state index < -0.39 is 11.5 Å². The Morgan fingerprint density at radius 2 is 1.69 bits per heavy atom. The fourth-order valence-corrected chi connectivity index (χ4v) is 4.59. The van der Waals surface area contributed by atoms with Gasteiger partial charge in [-0.1, -0.05) is 54.2 Å². The lowest BCUT2D eigenvalue weighted by Crippen LogP contribution is -2.42. The summed E-state index contributed by atoms with van der Waals surface area (Å²) in [6.45, 7) is 10.1. The van der Waals surface area contributed by atoms with E-state index in [0.717, 1.165) is 41.3 Å². The lowest BCUT2D eigenvalue weighted by molar-refractivity contribution is 0.0454. The molecule has 1 fully saturated rings. The Balaban J connectivity index is 2.31. The van der Waals surface area contributed by atoms with Crippen molar-refractivity contribution in [2.75, 3.05) is 0 Å². The molecule has 2 atom stereocenters. The molecular weight excluding hydrogens is 430 g/mol. The fraction of sp³-hybridized carbons (Fsp3) is 0.625. The number of benzene rings is 1. The van der Waals surface area contributed by atoms with Gasteiger partial charge in [0.25, 0.3) is 0 Å². The number of halogens is 1. The van der Waals surface area contributed by atoms with Crippen molar-refractivity contribution in [2.24, 2.45) is 5.41 Å². The normalized spacial score (nSPS) is 23.0. The maximum absolute atomic E-state index is 12.7. The predicted molar refractivity (Wildman–Crippen MR) is 122 cm³/mol. The van der Waals surface area contributed by atoms with Gasteiger partial charge in [0.05, 0.1) is 12.4 Å². The second-order valence-electron chi connectivity index (χ2n) is 8.91. The van der Waals surface area contributed by atoms with Crippen LogP contribution in [0.5, 0.6) is 0 Å². The molecule has 4 nitrogen and oxygen atoms in total. The summed E-state index contributed by atoms with van der Waals surface area (Å²) in [5.74, 6) is 0. The number of carbonyl (C=O) groups is 1. The summed E-state index contributed by atoms with van der Waals surface area (Å²) in [6, 6.07) is 7.97. The summed E-state index contributed by atoms with van der Waals surface area (Å²) in [4.78, 5) is 14.4. The van der Waals surface area contributed by atoms with Gasteiger partial charge in [-0.2, -0.15) is 0 Å². The lowest BCUT2D eigenvalue weighted by Gasteiger charge is -2.39. The van der Waals surface area contributed by atoms with E-state index in [9.17, 15) is 9.90 Å². The van der Waals surface area contributed by atoms with Gasteiger partial charge in [-0.25, -0.2) is 4.79 Å². The molecule has 0 radical (unpaired) electrons. The van der Waals surface area contributed by atoms with Gasteiger partial charge in [-0.15, -0.1) is 0 Å². The Bertz CT molecular complexity index is 691. The van der Waals surface area contributed by atoms with Gasteiger partial charge in [-0.05, 0) is 70.2 Å². The summed E-state index contributed by atoms with van der Waals surface area (Å²) < 4.78 is 6.66. The molecule has 1 aromatic carbocycles. The highest BCUT2D eigenvalue weighted by atomic mass is 79.9. The third kappa shape index (κ3) is 6.08. The number of rotatable bonds is 5. The average Bonchev–Trinajstić information content (AvgIpc) is 2.64. The SMILES string of the molecule is CC(C)N(C(=O)O/C=C1/CCCCCCC1(C)C(O)c1ccc(Br)cc1)C(C)C. The maximum atomic E-state index is 12.7. The van der Waals surface area contributed by atoms with Gasteiger partial charge < -0.3 is 14.7 Å². The van der Waals surface area contributed by atoms with E-state index in [-0.39, 0.29) is 18.2 Å². The van der Waals surface area contributed by atoms with Crippen molar-refractivity contribution in [1.82, 2.24) is 4.90 Å². The van der Waals surface area contributed by atoms with Crippen LogP contribution in [0.2, 0.25) is 0 Å². The highest BCUT2D eigenvalue weighted by molar-refractivity contribution is 9.10. The molecule has 0 bridgehead atoms. The van der Waals surface area contributed by atoms with E-state index in [2.05, 4.69) is 22.9 Å². The molecule has 162 valence electrons. The number of hydrogen-bond acceptors (Lipinski definition) is 3. The molecule has 0 saturated heterocycles. The number of aliphatic hydroxyl groups is 1. The number of amides is 1. The highest BCUT2D eigenvalue weighted by Crippen LogP contribution is 2.47. The van der Waals surface area contributed by atoms with Crippen LogP contribution in [0.25, 0.3) is 0 Å². The molecule has 0 aliphatic heterocycles. The van der Waals surface area contributed by atoms with Crippen molar-refractivity contribution in [3.05, 3.63) is 46.1 Å². The number of ether oxygens (including phenoxy) is 1. The Labute approximate surface area is 184 Å². The smallest absolute Gasteiger partial charge is 0.415 e. The fourth-order valence-electron chi connectivity index (χ4n) is 4.33. The molecule has 0 heterocycles. The zero-order valence-corrected chi connectivity index (χ0v) is 20.0. The first-order chi connectivity index (χ1) is 13.7. The average molecular weight is 466 g/mol. The highest BCUT2D eigenvalue weighted by Gasteiger charge is 2.38. The number of nitrogens with zero attached hydrogens (tertiary/aromatic N) is 1. The molecule has 1 aliphatic carbocycles. The minimum absolute atomic E-state index is 0.0676. The summed E-state index contributed by atoms with van der Waals surface area (Å²) >= 11 is 3.46. The first-order valence-electron chi connectivity index (χ1n) is 10.8. The third-order valence-corrected chi connectivity index (χ3v) is 6.57. The second-order valence-corrected chi connectivity index (χ2v) is 9.82. The van der Waals surface area contributed by atoms with Crippen LogP contribution in [0.1, 0.15) is 84.8 Å². The standard InChI is InChI=1S/C24H36BrNO3/c1-17(2)26(18(3)4)23(28)29-16-20-10-8-6-7-9-15-24(20,5)22(27)19-11-13-21(25)14-12-19/h11-14,16-18,22,27H,6-10,15H2,1-5H3/b20-16-. The molecule has 1 N–H and O–H groups in total. The molecule has 1 aromatic rings. The molecule has 29 heavy (non-hydrogen) atoms. The molecular formula is C24H36BrNO3. The first-order valence-corrected chi connectivity index (χ1v) is 11.6. The van der Waals surface area contributed by atoms with Gasteiger partial charge in [-0.3, -0.25) is 0 Å². The van der Waals surface area contributed by atoms with Crippen molar-refractivity contribution in [3.8, 4) is 0 Å². The van der Waals surface area contributed by atoms with Gasteiger partial charge in [0, 0.05) is 22.0 Å². The van der Waals surface area contributed by atoms with E-state index in [1.165, 1.54) is 12.8 Å². The number of aliphatic hydroxyl groups excluding tert-OH is 1. The largest absolute Gasteiger partial charge is 0.418 e. The van der Waals surface area contributed by atoms with Crippen LogP contribution < -0.4 is 0 Å². The summed E-state index contributed by atoms with van der Waals surface area (Å²) in [5, 5.41) is 11.3. The zero-order chi connectivity index (χ0) is 21.6. The van der Waals surface area contributed by atoms with Crippen molar-refractivity contribution < 1.29 is 14.6 Å². The Hall–Kier alpha value is -1.33. The first kappa shape index (κ1) is 23.9. The molecule has 5 heteroatoms. The molecule has 1 saturated carbocycles. The van der Waals surface area contributed by atoms with Crippen LogP contribution in [0.4, 0.5) is 4.79 Å². The molecule has 1 aliphatic rings. The van der Waals surface area contributed by atoms with E-state index >= 15 is 0 Å². The molecule has 2 unspecified atom stereocenters. The van der Waals surface area contributed by atoms with E-state index in [1.54, 1.807) is 11.2 Å². The van der Waals surface area contributed by atoms with Crippen LogP contribution in [0, 0.1) is 5.41 Å². The monoisotopic (exact) mass is 465 g/mol. The topological polar surface area (TPSA) is 49.8 Å². The van der Waals surface area contributed by atoms with Crippen LogP contribution in [-0.4, -0.2) is 28.2 Å². The minimum atomic E-state index is -0.648. The summed E-state index contributed by atoms with van der Waals surface area (Å²) in [6.07, 6.45) is 6.79. The van der Waals surface area contributed by atoms with Gasteiger partial charge in [0.15, 0.2) is 0 Å². The molecule has 0 aromatic heterocycles.